The summed E-state index contributed by atoms with van der Waals surface area (Å²) in [5.41, 5.74) is 0. The summed E-state index contributed by atoms with van der Waals surface area (Å²) in [6.45, 7) is 1.35. The highest BCUT2D eigenvalue weighted by atomic mass is 32.1. The molecule has 0 aromatic rings. The third-order valence-corrected chi connectivity index (χ3v) is 1.45. The second kappa shape index (κ2) is 3.68. The molecule has 0 aromatic heterocycles. The Hall–Kier alpha value is -0.290. The van der Waals surface area contributed by atoms with Gasteiger partial charge < -0.3 is 5.11 Å². The van der Waals surface area contributed by atoms with E-state index in [1.54, 1.807) is 0 Å². The highest BCUT2D eigenvalue weighted by Gasteiger charge is 2.21. The minimum absolute atomic E-state index is 0.127. The van der Waals surface area contributed by atoms with Gasteiger partial charge in [0.1, 0.15) is 6.10 Å². The lowest BCUT2D eigenvalue weighted by Crippen LogP contribution is -2.31. The minimum Gasteiger partial charge on any atom is -0.385 e. The van der Waals surface area contributed by atoms with Gasteiger partial charge in [-0.1, -0.05) is 0 Å². The average Bonchev–Trinajstić information content (AvgIpc) is 1.84. The molecule has 0 saturated carbocycles. The Balaban J connectivity index is 3.72. The number of nitro groups is 1. The molecule has 54 valence electrons. The fourth-order valence-electron chi connectivity index (χ4n) is 0.293. The van der Waals surface area contributed by atoms with Gasteiger partial charge in [0, 0.05) is 17.6 Å². The summed E-state index contributed by atoms with van der Waals surface area (Å²) < 4.78 is 0. The summed E-state index contributed by atoms with van der Waals surface area (Å²) in [6.07, 6.45) is -0.941. The standard InChI is InChI=1S/C4H9NO3S/c1-3(5(7)8)4(6)2-9/h3-4,6,9H,2H2,1H3. The lowest BCUT2D eigenvalue weighted by molar-refractivity contribution is -0.528. The first kappa shape index (κ1) is 8.71. The van der Waals surface area contributed by atoms with Crippen LogP contribution in [0.4, 0.5) is 0 Å². The second-order valence-electron chi connectivity index (χ2n) is 1.78. The van der Waals surface area contributed by atoms with Crippen molar-refractivity contribution in [2.24, 2.45) is 0 Å². The predicted octanol–water partition coefficient (Wildman–Crippen LogP) is -0.0577. The Morgan fingerprint density at radius 2 is 2.33 bits per heavy atom. The maximum Gasteiger partial charge on any atom is 0.236 e. The molecule has 5 heteroatoms. The van der Waals surface area contributed by atoms with Crippen molar-refractivity contribution < 1.29 is 10.0 Å². The van der Waals surface area contributed by atoms with E-state index in [2.05, 4.69) is 12.6 Å². The lowest BCUT2D eigenvalue weighted by atomic mass is 10.2. The average molecular weight is 151 g/mol. The van der Waals surface area contributed by atoms with Gasteiger partial charge in [0.25, 0.3) is 0 Å². The molecule has 0 aromatic carbocycles. The largest absolute Gasteiger partial charge is 0.385 e. The van der Waals surface area contributed by atoms with Gasteiger partial charge in [0.2, 0.25) is 6.04 Å². The number of aliphatic hydroxyl groups is 1. The van der Waals surface area contributed by atoms with Crippen LogP contribution in [0, 0.1) is 10.1 Å². The predicted molar refractivity (Wildman–Crippen MR) is 36.3 cm³/mol. The number of hydrogen-bond donors (Lipinski definition) is 2. The van der Waals surface area contributed by atoms with Crippen LogP contribution in [0.25, 0.3) is 0 Å². The van der Waals surface area contributed by atoms with Crippen LogP contribution >= 0.6 is 12.6 Å². The van der Waals surface area contributed by atoms with Crippen LogP contribution in [-0.4, -0.2) is 27.9 Å². The van der Waals surface area contributed by atoms with Crippen molar-refractivity contribution in [1.29, 1.82) is 0 Å². The Morgan fingerprint density at radius 3 is 2.44 bits per heavy atom. The minimum atomic E-state index is -0.941. The molecular weight excluding hydrogens is 142 g/mol. The number of nitrogens with zero attached hydrogens (tertiary/aromatic N) is 1. The fourth-order valence-corrected chi connectivity index (χ4v) is 0.598. The van der Waals surface area contributed by atoms with E-state index in [1.807, 2.05) is 0 Å². The number of hydrogen-bond acceptors (Lipinski definition) is 4. The summed E-state index contributed by atoms with van der Waals surface area (Å²) >= 11 is 3.70. The molecule has 0 heterocycles. The Labute approximate surface area is 58.4 Å². The third kappa shape index (κ3) is 2.67. The first-order valence-corrected chi connectivity index (χ1v) is 3.15. The molecule has 0 aliphatic heterocycles. The molecule has 0 aliphatic carbocycles. The molecule has 0 spiro atoms. The number of aliphatic hydroxyl groups excluding tert-OH is 1. The molecule has 2 unspecified atom stereocenters. The number of rotatable bonds is 3. The van der Waals surface area contributed by atoms with Gasteiger partial charge >= 0.3 is 0 Å². The van der Waals surface area contributed by atoms with E-state index in [0.717, 1.165) is 0 Å². The molecule has 0 radical (unpaired) electrons. The quantitative estimate of drug-likeness (QED) is 0.337. The van der Waals surface area contributed by atoms with Crippen molar-refractivity contribution in [3.63, 3.8) is 0 Å². The number of thiol groups is 1. The van der Waals surface area contributed by atoms with Crippen molar-refractivity contribution in [3.8, 4) is 0 Å². The zero-order chi connectivity index (χ0) is 7.44. The first-order chi connectivity index (χ1) is 4.09. The van der Waals surface area contributed by atoms with E-state index in [-0.39, 0.29) is 5.75 Å². The highest BCUT2D eigenvalue weighted by Crippen LogP contribution is 1.97. The van der Waals surface area contributed by atoms with Crippen molar-refractivity contribution in [2.75, 3.05) is 5.75 Å². The van der Waals surface area contributed by atoms with Crippen molar-refractivity contribution in [3.05, 3.63) is 10.1 Å². The third-order valence-electron chi connectivity index (χ3n) is 1.08. The van der Waals surface area contributed by atoms with Crippen molar-refractivity contribution in [2.45, 2.75) is 19.1 Å². The van der Waals surface area contributed by atoms with Gasteiger partial charge in [-0.25, -0.2) is 0 Å². The van der Waals surface area contributed by atoms with Crippen molar-refractivity contribution >= 4 is 12.6 Å². The molecule has 2 atom stereocenters. The molecule has 0 amide bonds. The first-order valence-electron chi connectivity index (χ1n) is 2.52. The van der Waals surface area contributed by atoms with Gasteiger partial charge in [-0.05, 0) is 0 Å². The van der Waals surface area contributed by atoms with Gasteiger partial charge in [0.05, 0.1) is 0 Å². The summed E-state index contributed by atoms with van der Waals surface area (Å²) in [4.78, 5) is 9.38. The molecule has 4 nitrogen and oxygen atoms in total. The molecule has 0 fully saturated rings. The molecule has 0 aliphatic rings. The summed E-state index contributed by atoms with van der Waals surface area (Å²) in [5.74, 6) is 0.127. The van der Waals surface area contributed by atoms with E-state index < -0.39 is 17.1 Å². The van der Waals surface area contributed by atoms with E-state index in [1.165, 1.54) is 6.92 Å². The molecule has 0 saturated heterocycles. The van der Waals surface area contributed by atoms with Crippen LogP contribution in [0.2, 0.25) is 0 Å². The summed E-state index contributed by atoms with van der Waals surface area (Å²) in [6, 6.07) is -0.914. The molecular formula is C4H9NO3S. The molecule has 0 rings (SSSR count). The fraction of sp³-hybridized carbons (Fsp3) is 1.00. The summed E-state index contributed by atoms with van der Waals surface area (Å²) in [7, 11) is 0. The van der Waals surface area contributed by atoms with E-state index in [9.17, 15) is 10.1 Å². The van der Waals surface area contributed by atoms with Crippen LogP contribution in [0.3, 0.4) is 0 Å². The SMILES string of the molecule is CC(C(O)CS)[N+](=O)[O-]. The Kier molecular flexibility index (Phi) is 3.56. The van der Waals surface area contributed by atoms with Gasteiger partial charge in [0.15, 0.2) is 0 Å². The highest BCUT2D eigenvalue weighted by molar-refractivity contribution is 7.80. The topological polar surface area (TPSA) is 63.4 Å². The maximum absolute atomic E-state index is 9.91. The Bertz CT molecular complexity index is 108. The van der Waals surface area contributed by atoms with Crippen LogP contribution in [-0.2, 0) is 0 Å². The zero-order valence-electron chi connectivity index (χ0n) is 5.02. The molecule has 1 N–H and O–H groups in total. The second-order valence-corrected chi connectivity index (χ2v) is 2.14. The molecule has 0 bridgehead atoms. The lowest BCUT2D eigenvalue weighted by Gasteiger charge is -2.07. The monoisotopic (exact) mass is 151 g/mol. The van der Waals surface area contributed by atoms with E-state index in [0.29, 0.717) is 0 Å². The normalized spacial score (nSPS) is 16.8. The van der Waals surface area contributed by atoms with E-state index >= 15 is 0 Å². The molecule has 9 heavy (non-hydrogen) atoms. The van der Waals surface area contributed by atoms with Gasteiger partial charge in [-0.2, -0.15) is 12.6 Å². The van der Waals surface area contributed by atoms with Gasteiger partial charge in [-0.3, -0.25) is 10.1 Å². The van der Waals surface area contributed by atoms with E-state index in [4.69, 9.17) is 5.11 Å². The zero-order valence-corrected chi connectivity index (χ0v) is 5.91. The van der Waals surface area contributed by atoms with Crippen LogP contribution in [0.1, 0.15) is 6.92 Å². The van der Waals surface area contributed by atoms with Gasteiger partial charge in [-0.15, -0.1) is 0 Å². The Morgan fingerprint density at radius 1 is 1.89 bits per heavy atom. The van der Waals surface area contributed by atoms with Crippen LogP contribution < -0.4 is 0 Å². The maximum atomic E-state index is 9.91. The van der Waals surface area contributed by atoms with Crippen molar-refractivity contribution in [1.82, 2.24) is 0 Å². The van der Waals surface area contributed by atoms with Crippen LogP contribution in [0.5, 0.6) is 0 Å². The summed E-state index contributed by atoms with van der Waals surface area (Å²) in [5, 5.41) is 18.7. The smallest absolute Gasteiger partial charge is 0.236 e. The van der Waals surface area contributed by atoms with Crippen LogP contribution in [0.15, 0.2) is 0 Å².